The Morgan fingerprint density at radius 3 is 2.81 bits per heavy atom. The maximum Gasteiger partial charge on any atom is 0.0474 e. The van der Waals surface area contributed by atoms with Crippen LogP contribution in [0.4, 0.5) is 5.69 Å². The first kappa shape index (κ1) is 13.0. The van der Waals surface area contributed by atoms with E-state index < -0.39 is 0 Å². The second-order valence-electron chi connectivity index (χ2n) is 4.14. The summed E-state index contributed by atoms with van der Waals surface area (Å²) in [4.78, 5) is 2.32. The molecule has 0 saturated heterocycles. The summed E-state index contributed by atoms with van der Waals surface area (Å²) in [6.07, 6.45) is 2.14. The largest absolute Gasteiger partial charge is 0.399 e. The zero-order valence-corrected chi connectivity index (χ0v) is 10.3. The van der Waals surface area contributed by atoms with E-state index >= 15 is 0 Å². The van der Waals surface area contributed by atoms with E-state index in [1.54, 1.807) is 7.11 Å². The van der Waals surface area contributed by atoms with Gasteiger partial charge in [0.2, 0.25) is 0 Å². The van der Waals surface area contributed by atoms with Crippen molar-refractivity contribution in [2.24, 2.45) is 0 Å². The van der Waals surface area contributed by atoms with Gasteiger partial charge in [-0.25, -0.2) is 0 Å². The molecule has 0 bridgehead atoms. The number of methoxy groups -OCH3 is 1. The lowest BCUT2D eigenvalue weighted by Crippen LogP contribution is -2.23. The predicted molar refractivity (Wildman–Crippen MR) is 68.5 cm³/mol. The Morgan fingerprint density at radius 2 is 2.12 bits per heavy atom. The van der Waals surface area contributed by atoms with Crippen LogP contribution in [-0.4, -0.2) is 38.8 Å². The molecule has 2 N–H and O–H groups in total. The van der Waals surface area contributed by atoms with Gasteiger partial charge in [-0.05, 0) is 37.6 Å². The minimum atomic E-state index is 0.836. The summed E-state index contributed by atoms with van der Waals surface area (Å²) >= 11 is 0. The second-order valence-corrected chi connectivity index (χ2v) is 4.14. The number of likely N-dealkylation sites (N-methyl/N-ethyl adjacent to an activating group) is 1. The summed E-state index contributed by atoms with van der Waals surface area (Å²) in [6, 6.07) is 8.10. The molecule has 0 aliphatic carbocycles. The van der Waals surface area contributed by atoms with Crippen LogP contribution in [0, 0.1) is 0 Å². The Balaban J connectivity index is 2.23. The van der Waals surface area contributed by atoms with Gasteiger partial charge in [0.25, 0.3) is 0 Å². The molecular formula is C13H22N2O. The first-order valence-electron chi connectivity index (χ1n) is 5.74. The van der Waals surface area contributed by atoms with Crippen LogP contribution in [0.2, 0.25) is 0 Å². The molecule has 0 aromatic heterocycles. The predicted octanol–water partition coefficient (Wildman–Crippen LogP) is 1.78. The van der Waals surface area contributed by atoms with Crippen molar-refractivity contribution in [2.45, 2.75) is 12.8 Å². The standard InChI is InChI=1S/C13H22N2O/c1-15(8-4-10-16-2)9-7-12-5-3-6-13(14)11-12/h3,5-6,11H,4,7-10,14H2,1-2H3. The van der Waals surface area contributed by atoms with Gasteiger partial charge in [-0.3, -0.25) is 0 Å². The summed E-state index contributed by atoms with van der Waals surface area (Å²) in [5.41, 5.74) is 7.88. The van der Waals surface area contributed by atoms with E-state index in [9.17, 15) is 0 Å². The van der Waals surface area contributed by atoms with E-state index in [0.717, 1.165) is 38.2 Å². The lowest BCUT2D eigenvalue weighted by Gasteiger charge is -2.16. The Labute approximate surface area is 98.2 Å². The van der Waals surface area contributed by atoms with E-state index in [2.05, 4.69) is 18.0 Å². The van der Waals surface area contributed by atoms with Crippen molar-refractivity contribution in [1.82, 2.24) is 4.90 Å². The van der Waals surface area contributed by atoms with Crippen LogP contribution in [-0.2, 0) is 11.2 Å². The third kappa shape index (κ3) is 5.14. The topological polar surface area (TPSA) is 38.5 Å². The van der Waals surface area contributed by atoms with Gasteiger partial charge in [0.15, 0.2) is 0 Å². The Kier molecular flexibility index (Phi) is 5.90. The van der Waals surface area contributed by atoms with Crippen molar-refractivity contribution in [1.29, 1.82) is 0 Å². The molecular weight excluding hydrogens is 200 g/mol. The monoisotopic (exact) mass is 222 g/mol. The van der Waals surface area contributed by atoms with Gasteiger partial charge in [0.1, 0.15) is 0 Å². The third-order valence-electron chi connectivity index (χ3n) is 2.62. The van der Waals surface area contributed by atoms with Crippen LogP contribution >= 0.6 is 0 Å². The molecule has 0 amide bonds. The van der Waals surface area contributed by atoms with Crippen LogP contribution in [0.25, 0.3) is 0 Å². The molecule has 0 saturated carbocycles. The number of nitrogens with zero attached hydrogens (tertiary/aromatic N) is 1. The van der Waals surface area contributed by atoms with E-state index in [1.165, 1.54) is 5.56 Å². The molecule has 90 valence electrons. The highest BCUT2D eigenvalue weighted by Gasteiger charge is 1.99. The van der Waals surface area contributed by atoms with Crippen molar-refractivity contribution in [3.05, 3.63) is 29.8 Å². The average Bonchev–Trinajstić information content (AvgIpc) is 2.27. The zero-order chi connectivity index (χ0) is 11.8. The second kappa shape index (κ2) is 7.25. The molecule has 0 heterocycles. The van der Waals surface area contributed by atoms with Crippen LogP contribution in [0.5, 0.6) is 0 Å². The van der Waals surface area contributed by atoms with Gasteiger partial charge in [-0.2, -0.15) is 0 Å². The van der Waals surface area contributed by atoms with Gasteiger partial charge in [0.05, 0.1) is 0 Å². The molecule has 0 atom stereocenters. The molecule has 0 unspecified atom stereocenters. The normalized spacial score (nSPS) is 10.9. The number of ether oxygens (including phenoxy) is 1. The summed E-state index contributed by atoms with van der Waals surface area (Å²) in [5.74, 6) is 0. The first-order valence-corrected chi connectivity index (χ1v) is 5.74. The smallest absolute Gasteiger partial charge is 0.0474 e. The zero-order valence-electron chi connectivity index (χ0n) is 10.3. The maximum absolute atomic E-state index is 5.73. The number of hydrogen-bond acceptors (Lipinski definition) is 3. The van der Waals surface area contributed by atoms with Gasteiger partial charge in [-0.15, -0.1) is 0 Å². The summed E-state index contributed by atoms with van der Waals surface area (Å²) < 4.78 is 5.03. The summed E-state index contributed by atoms with van der Waals surface area (Å²) in [5, 5.41) is 0. The third-order valence-corrected chi connectivity index (χ3v) is 2.62. The van der Waals surface area contributed by atoms with Crippen LogP contribution in [0.15, 0.2) is 24.3 Å². The van der Waals surface area contributed by atoms with Gasteiger partial charge >= 0.3 is 0 Å². The maximum atomic E-state index is 5.73. The fraction of sp³-hybridized carbons (Fsp3) is 0.538. The summed E-state index contributed by atoms with van der Waals surface area (Å²) in [7, 11) is 3.88. The van der Waals surface area contributed by atoms with E-state index in [1.807, 2.05) is 18.2 Å². The molecule has 0 spiro atoms. The average molecular weight is 222 g/mol. The van der Waals surface area contributed by atoms with Crippen molar-refractivity contribution >= 4 is 5.69 Å². The Morgan fingerprint density at radius 1 is 1.31 bits per heavy atom. The van der Waals surface area contributed by atoms with E-state index in [-0.39, 0.29) is 0 Å². The van der Waals surface area contributed by atoms with Crippen LogP contribution in [0.3, 0.4) is 0 Å². The van der Waals surface area contributed by atoms with Gasteiger partial charge in [-0.1, -0.05) is 12.1 Å². The number of benzene rings is 1. The molecule has 0 aliphatic heterocycles. The molecule has 1 aromatic rings. The SMILES string of the molecule is COCCCN(C)CCc1cccc(N)c1. The van der Waals surface area contributed by atoms with Crippen LogP contribution < -0.4 is 5.73 Å². The fourth-order valence-electron chi connectivity index (χ4n) is 1.66. The minimum absolute atomic E-state index is 0.836. The quantitative estimate of drug-likeness (QED) is 0.564. The van der Waals surface area contributed by atoms with E-state index in [0.29, 0.717) is 0 Å². The highest BCUT2D eigenvalue weighted by atomic mass is 16.5. The van der Waals surface area contributed by atoms with Crippen molar-refractivity contribution < 1.29 is 4.74 Å². The van der Waals surface area contributed by atoms with Crippen molar-refractivity contribution in [3.8, 4) is 0 Å². The molecule has 0 aliphatic rings. The number of nitrogen functional groups attached to an aromatic ring is 1. The van der Waals surface area contributed by atoms with Crippen molar-refractivity contribution in [2.75, 3.05) is 39.6 Å². The number of hydrogen-bond donors (Lipinski definition) is 1. The minimum Gasteiger partial charge on any atom is -0.399 e. The number of nitrogens with two attached hydrogens (primary N) is 1. The fourth-order valence-corrected chi connectivity index (χ4v) is 1.66. The Hall–Kier alpha value is -1.06. The molecule has 16 heavy (non-hydrogen) atoms. The summed E-state index contributed by atoms with van der Waals surface area (Å²) in [6.45, 7) is 2.98. The lowest BCUT2D eigenvalue weighted by atomic mass is 10.1. The number of rotatable bonds is 7. The molecule has 1 aromatic carbocycles. The molecule has 0 radical (unpaired) electrons. The first-order chi connectivity index (χ1) is 7.72. The number of anilines is 1. The highest BCUT2D eigenvalue weighted by molar-refractivity contribution is 5.40. The van der Waals surface area contributed by atoms with Gasteiger partial charge in [0, 0.05) is 32.5 Å². The lowest BCUT2D eigenvalue weighted by molar-refractivity contribution is 0.179. The highest BCUT2D eigenvalue weighted by Crippen LogP contribution is 2.07. The van der Waals surface area contributed by atoms with E-state index in [4.69, 9.17) is 10.5 Å². The molecule has 3 heteroatoms. The molecule has 0 fully saturated rings. The van der Waals surface area contributed by atoms with Gasteiger partial charge < -0.3 is 15.4 Å². The van der Waals surface area contributed by atoms with Crippen LogP contribution in [0.1, 0.15) is 12.0 Å². The molecule has 1 rings (SSSR count). The Bertz CT molecular complexity index is 302. The van der Waals surface area contributed by atoms with Crippen molar-refractivity contribution in [3.63, 3.8) is 0 Å². The molecule has 3 nitrogen and oxygen atoms in total.